The third-order valence-corrected chi connectivity index (χ3v) is 5.40. The van der Waals surface area contributed by atoms with Crippen LogP contribution < -0.4 is 9.47 Å². The number of H-pyrrole nitrogens is 1. The largest absolute Gasteiger partial charge is 0.477 e. The van der Waals surface area contributed by atoms with E-state index in [4.69, 9.17) is 9.47 Å². The van der Waals surface area contributed by atoms with Gasteiger partial charge in [0.1, 0.15) is 5.75 Å². The molecular weight excluding hydrogens is 392 g/mol. The highest BCUT2D eigenvalue weighted by Crippen LogP contribution is 2.15. The van der Waals surface area contributed by atoms with Crippen LogP contribution in [-0.2, 0) is 12.8 Å². The summed E-state index contributed by atoms with van der Waals surface area (Å²) in [5.74, 6) is 1.19. The quantitative estimate of drug-likeness (QED) is 0.605. The van der Waals surface area contributed by atoms with E-state index >= 15 is 0 Å². The summed E-state index contributed by atoms with van der Waals surface area (Å²) in [7, 11) is 0. The molecule has 0 saturated carbocycles. The Balaban J connectivity index is 1.16. The molecule has 0 atom stereocenters. The molecular formula is C24H28N4O3. The first-order chi connectivity index (χ1) is 15.3. The van der Waals surface area contributed by atoms with Crippen LogP contribution in [0.4, 0.5) is 4.79 Å². The van der Waals surface area contributed by atoms with Crippen molar-refractivity contribution < 1.29 is 14.3 Å². The van der Waals surface area contributed by atoms with Gasteiger partial charge in [-0.05, 0) is 35.9 Å². The Bertz CT molecular complexity index is 921. The molecule has 7 heteroatoms. The van der Waals surface area contributed by atoms with E-state index in [0.717, 1.165) is 38.0 Å². The van der Waals surface area contributed by atoms with Crippen LogP contribution in [0.15, 0.2) is 67.0 Å². The smallest absolute Gasteiger partial charge is 0.415 e. The van der Waals surface area contributed by atoms with Crippen molar-refractivity contribution in [3.8, 4) is 11.6 Å². The zero-order valence-corrected chi connectivity index (χ0v) is 17.6. The van der Waals surface area contributed by atoms with Gasteiger partial charge >= 0.3 is 6.09 Å². The number of nitrogens with zero attached hydrogens (tertiary/aromatic N) is 3. The van der Waals surface area contributed by atoms with Crippen LogP contribution in [0, 0.1) is 0 Å². The minimum Gasteiger partial charge on any atom is -0.477 e. The minimum absolute atomic E-state index is 0.282. The number of rotatable bonds is 8. The van der Waals surface area contributed by atoms with Gasteiger partial charge < -0.3 is 19.4 Å². The Morgan fingerprint density at radius 1 is 0.968 bits per heavy atom. The second kappa shape index (κ2) is 10.6. The van der Waals surface area contributed by atoms with E-state index in [1.807, 2.05) is 54.7 Å². The highest BCUT2D eigenvalue weighted by atomic mass is 16.6. The van der Waals surface area contributed by atoms with Crippen molar-refractivity contribution in [3.05, 3.63) is 78.2 Å². The summed E-state index contributed by atoms with van der Waals surface area (Å²) in [6.07, 6.45) is 5.13. The van der Waals surface area contributed by atoms with E-state index in [1.165, 1.54) is 5.69 Å². The first kappa shape index (κ1) is 20.9. The average Bonchev–Trinajstić information content (AvgIpc) is 3.34. The highest BCUT2D eigenvalue weighted by Gasteiger charge is 2.22. The van der Waals surface area contributed by atoms with Crippen LogP contribution in [0.3, 0.4) is 0 Å². The van der Waals surface area contributed by atoms with Gasteiger partial charge in [-0.15, -0.1) is 0 Å². The maximum atomic E-state index is 12.5. The highest BCUT2D eigenvalue weighted by molar-refractivity contribution is 5.70. The van der Waals surface area contributed by atoms with Gasteiger partial charge in [-0.25, -0.2) is 9.78 Å². The third-order valence-electron chi connectivity index (χ3n) is 5.40. The number of pyridine rings is 1. The SMILES string of the molecule is O=C(Oc1ccc(CCOc2ccccn2)cc1)N1CCN(CCc2ccc[nH]2)CC1. The van der Waals surface area contributed by atoms with Gasteiger partial charge in [0.15, 0.2) is 0 Å². The predicted octanol–water partition coefficient (Wildman–Crippen LogP) is 3.39. The monoisotopic (exact) mass is 420 g/mol. The van der Waals surface area contributed by atoms with Crippen LogP contribution in [0.25, 0.3) is 0 Å². The summed E-state index contributed by atoms with van der Waals surface area (Å²) in [5.41, 5.74) is 2.36. The predicted molar refractivity (Wildman–Crippen MR) is 118 cm³/mol. The van der Waals surface area contributed by atoms with Crippen molar-refractivity contribution >= 4 is 6.09 Å². The van der Waals surface area contributed by atoms with Crippen molar-refractivity contribution in [2.45, 2.75) is 12.8 Å². The average molecular weight is 421 g/mol. The third kappa shape index (κ3) is 6.33. The lowest BCUT2D eigenvalue weighted by Gasteiger charge is -2.33. The molecule has 1 fully saturated rings. The molecule has 1 aromatic carbocycles. The van der Waals surface area contributed by atoms with Crippen molar-refractivity contribution in [2.75, 3.05) is 39.3 Å². The molecule has 0 spiro atoms. The molecule has 1 N–H and O–H groups in total. The second-order valence-electron chi connectivity index (χ2n) is 7.55. The summed E-state index contributed by atoms with van der Waals surface area (Å²) in [4.78, 5) is 24.0. The Morgan fingerprint density at radius 2 is 1.81 bits per heavy atom. The molecule has 1 aliphatic heterocycles. The van der Waals surface area contributed by atoms with Crippen LogP contribution in [0.5, 0.6) is 11.6 Å². The number of carbonyl (C=O) groups excluding carboxylic acids is 1. The summed E-state index contributed by atoms with van der Waals surface area (Å²) < 4.78 is 11.2. The van der Waals surface area contributed by atoms with Gasteiger partial charge in [0, 0.05) is 69.7 Å². The molecule has 3 heterocycles. The molecule has 1 aliphatic rings. The van der Waals surface area contributed by atoms with Crippen LogP contribution in [0.1, 0.15) is 11.3 Å². The van der Waals surface area contributed by atoms with Crippen LogP contribution in [-0.4, -0.2) is 65.2 Å². The number of ether oxygens (including phenoxy) is 2. The number of benzene rings is 1. The van der Waals surface area contributed by atoms with E-state index < -0.39 is 0 Å². The minimum atomic E-state index is -0.282. The van der Waals surface area contributed by atoms with Gasteiger partial charge in [-0.3, -0.25) is 4.90 Å². The van der Waals surface area contributed by atoms with Gasteiger partial charge in [0.25, 0.3) is 0 Å². The van der Waals surface area contributed by atoms with Crippen molar-refractivity contribution in [1.29, 1.82) is 0 Å². The summed E-state index contributed by atoms with van der Waals surface area (Å²) >= 11 is 0. The van der Waals surface area contributed by atoms with Gasteiger partial charge in [-0.1, -0.05) is 18.2 Å². The maximum absolute atomic E-state index is 12.5. The first-order valence-corrected chi connectivity index (χ1v) is 10.7. The lowest BCUT2D eigenvalue weighted by atomic mass is 10.1. The molecule has 0 bridgehead atoms. The van der Waals surface area contributed by atoms with Crippen molar-refractivity contribution in [2.24, 2.45) is 0 Å². The lowest BCUT2D eigenvalue weighted by molar-refractivity contribution is 0.111. The fourth-order valence-corrected chi connectivity index (χ4v) is 3.55. The molecule has 2 aromatic heterocycles. The fourth-order valence-electron chi connectivity index (χ4n) is 3.55. The standard InChI is InChI=1S/C24H28N4O3/c29-24(28-17-15-27(16-18-28)14-10-21-4-3-13-25-21)31-22-8-6-20(7-9-22)11-19-30-23-5-1-2-12-26-23/h1-9,12-13,25H,10-11,14-19H2. The number of carbonyl (C=O) groups is 1. The van der Waals surface area contributed by atoms with Gasteiger partial charge in [0.05, 0.1) is 6.61 Å². The normalized spacial score (nSPS) is 14.4. The van der Waals surface area contributed by atoms with Crippen LogP contribution in [0.2, 0.25) is 0 Å². The molecule has 162 valence electrons. The number of aromatic amines is 1. The summed E-state index contributed by atoms with van der Waals surface area (Å²) in [5, 5.41) is 0. The number of aromatic nitrogens is 2. The molecule has 1 saturated heterocycles. The summed E-state index contributed by atoms with van der Waals surface area (Å²) in [6, 6.07) is 17.3. The Kier molecular flexibility index (Phi) is 7.18. The lowest BCUT2D eigenvalue weighted by Crippen LogP contribution is -2.49. The topological polar surface area (TPSA) is 70.7 Å². The number of nitrogens with one attached hydrogen (secondary N) is 1. The van der Waals surface area contributed by atoms with Gasteiger partial charge in [-0.2, -0.15) is 0 Å². The van der Waals surface area contributed by atoms with Crippen molar-refractivity contribution in [3.63, 3.8) is 0 Å². The van der Waals surface area contributed by atoms with E-state index in [0.29, 0.717) is 31.3 Å². The summed E-state index contributed by atoms with van der Waals surface area (Å²) in [6.45, 7) is 4.65. The van der Waals surface area contributed by atoms with E-state index in [9.17, 15) is 4.79 Å². The molecule has 3 aromatic rings. The molecule has 7 nitrogen and oxygen atoms in total. The van der Waals surface area contributed by atoms with Crippen LogP contribution >= 0.6 is 0 Å². The van der Waals surface area contributed by atoms with Crippen molar-refractivity contribution in [1.82, 2.24) is 19.8 Å². The molecule has 0 aliphatic carbocycles. The number of piperazine rings is 1. The molecule has 0 unspecified atom stereocenters. The molecule has 4 rings (SSSR count). The van der Waals surface area contributed by atoms with Gasteiger partial charge in [0.2, 0.25) is 5.88 Å². The second-order valence-corrected chi connectivity index (χ2v) is 7.55. The van der Waals surface area contributed by atoms with E-state index in [2.05, 4.69) is 20.9 Å². The number of hydrogen-bond donors (Lipinski definition) is 1. The first-order valence-electron chi connectivity index (χ1n) is 10.7. The molecule has 1 amide bonds. The van der Waals surface area contributed by atoms with E-state index in [-0.39, 0.29) is 6.09 Å². The Morgan fingerprint density at radius 3 is 2.52 bits per heavy atom. The molecule has 0 radical (unpaired) electrons. The Hall–Kier alpha value is -3.32. The zero-order chi connectivity index (χ0) is 21.3. The fraction of sp³-hybridized carbons (Fsp3) is 0.333. The number of amides is 1. The number of hydrogen-bond acceptors (Lipinski definition) is 5. The molecule has 31 heavy (non-hydrogen) atoms. The Labute approximate surface area is 182 Å². The maximum Gasteiger partial charge on any atom is 0.415 e. The zero-order valence-electron chi connectivity index (χ0n) is 17.6. The van der Waals surface area contributed by atoms with E-state index in [1.54, 1.807) is 11.1 Å².